The van der Waals surface area contributed by atoms with Gasteiger partial charge in [0.25, 0.3) is 6.43 Å². The van der Waals surface area contributed by atoms with E-state index in [4.69, 9.17) is 5.73 Å². The fraction of sp³-hybridized carbons (Fsp3) is 0.625. The molecule has 1 atom stereocenters. The van der Waals surface area contributed by atoms with Crippen LogP contribution in [0.25, 0.3) is 0 Å². The van der Waals surface area contributed by atoms with E-state index in [-0.39, 0.29) is 5.92 Å². The third-order valence-electron chi connectivity index (χ3n) is 1.64. The first-order valence-corrected chi connectivity index (χ1v) is 4.83. The second-order valence-corrected chi connectivity index (χ2v) is 4.21. The first kappa shape index (κ1) is 10.5. The molecule has 2 nitrogen and oxygen atoms in total. The topological polar surface area (TPSA) is 38.9 Å². The summed E-state index contributed by atoms with van der Waals surface area (Å²) in [5.74, 6) is 0.267. The summed E-state index contributed by atoms with van der Waals surface area (Å²) in [4.78, 5) is 4.48. The van der Waals surface area contributed by atoms with Crippen molar-refractivity contribution in [3.05, 3.63) is 16.1 Å². The summed E-state index contributed by atoms with van der Waals surface area (Å²) in [6, 6.07) is -1.19. The minimum atomic E-state index is -2.51. The molecule has 0 spiro atoms. The van der Waals surface area contributed by atoms with E-state index < -0.39 is 12.5 Å². The molecule has 0 radical (unpaired) electrons. The van der Waals surface area contributed by atoms with Crippen molar-refractivity contribution < 1.29 is 8.78 Å². The van der Waals surface area contributed by atoms with Crippen molar-refractivity contribution in [2.45, 2.75) is 32.2 Å². The number of nitrogens with zero attached hydrogens (tertiary/aromatic N) is 1. The molecule has 5 heteroatoms. The molecular formula is C8H12F2N2S. The molecule has 2 N–H and O–H groups in total. The van der Waals surface area contributed by atoms with Gasteiger partial charge in [-0.05, 0) is 0 Å². The molecule has 0 aliphatic heterocycles. The van der Waals surface area contributed by atoms with E-state index in [1.165, 1.54) is 17.5 Å². The molecule has 0 fully saturated rings. The number of hydrogen-bond donors (Lipinski definition) is 1. The van der Waals surface area contributed by atoms with E-state index in [0.717, 1.165) is 5.01 Å². The Bertz CT molecular complexity index is 273. The lowest BCUT2D eigenvalue weighted by atomic mass is 10.2. The lowest BCUT2D eigenvalue weighted by Crippen LogP contribution is -2.17. The highest BCUT2D eigenvalue weighted by Crippen LogP contribution is 2.27. The maximum absolute atomic E-state index is 12.2. The molecule has 74 valence electrons. The van der Waals surface area contributed by atoms with Crippen LogP contribution in [0.1, 0.15) is 35.7 Å². The Kier molecular flexibility index (Phi) is 3.33. The maximum Gasteiger partial charge on any atom is 0.258 e. The average Bonchev–Trinajstić information content (AvgIpc) is 2.50. The minimum absolute atomic E-state index is 0.267. The molecule has 0 amide bonds. The van der Waals surface area contributed by atoms with Crippen LogP contribution in [-0.4, -0.2) is 11.4 Å². The first-order valence-electron chi connectivity index (χ1n) is 4.01. The van der Waals surface area contributed by atoms with E-state index in [0.29, 0.717) is 4.88 Å². The predicted octanol–water partition coefficient (Wildman–Crippen LogP) is 2.53. The Morgan fingerprint density at radius 2 is 2.08 bits per heavy atom. The third kappa shape index (κ3) is 2.45. The van der Waals surface area contributed by atoms with E-state index in [1.807, 2.05) is 13.8 Å². The van der Waals surface area contributed by atoms with Crippen LogP contribution in [0.2, 0.25) is 0 Å². The lowest BCUT2D eigenvalue weighted by molar-refractivity contribution is 0.117. The second-order valence-electron chi connectivity index (χ2n) is 3.12. The van der Waals surface area contributed by atoms with Gasteiger partial charge in [0.2, 0.25) is 0 Å². The van der Waals surface area contributed by atoms with Crippen molar-refractivity contribution in [2.24, 2.45) is 5.73 Å². The molecule has 0 saturated heterocycles. The monoisotopic (exact) mass is 206 g/mol. The van der Waals surface area contributed by atoms with Crippen molar-refractivity contribution in [3.63, 3.8) is 0 Å². The number of alkyl halides is 2. The summed E-state index contributed by atoms with van der Waals surface area (Å²) in [5, 5.41) is 0.853. The quantitative estimate of drug-likeness (QED) is 0.825. The summed E-state index contributed by atoms with van der Waals surface area (Å²) in [6.45, 7) is 3.94. The van der Waals surface area contributed by atoms with Gasteiger partial charge in [-0.2, -0.15) is 0 Å². The van der Waals surface area contributed by atoms with E-state index >= 15 is 0 Å². The van der Waals surface area contributed by atoms with Crippen LogP contribution in [0.3, 0.4) is 0 Å². The standard InChI is InChI=1S/C8H12F2N2S/c1-4(2)8-12-3-5(13-8)6(11)7(9)10/h3-4,6-7H,11H2,1-2H3. The molecule has 0 aromatic carbocycles. The van der Waals surface area contributed by atoms with Crippen molar-refractivity contribution in [3.8, 4) is 0 Å². The molecule has 0 aliphatic rings. The molecule has 1 rings (SSSR count). The van der Waals surface area contributed by atoms with Crippen molar-refractivity contribution in [1.82, 2.24) is 4.98 Å². The molecule has 1 unspecified atom stereocenters. The van der Waals surface area contributed by atoms with Crippen LogP contribution in [0.5, 0.6) is 0 Å². The van der Waals surface area contributed by atoms with E-state index in [2.05, 4.69) is 4.98 Å². The molecule has 1 aromatic rings. The zero-order valence-corrected chi connectivity index (χ0v) is 8.31. The maximum atomic E-state index is 12.2. The Morgan fingerprint density at radius 1 is 1.46 bits per heavy atom. The van der Waals surface area contributed by atoms with Crippen LogP contribution in [0, 0.1) is 0 Å². The Morgan fingerprint density at radius 3 is 2.46 bits per heavy atom. The lowest BCUT2D eigenvalue weighted by Gasteiger charge is -2.05. The van der Waals surface area contributed by atoms with Gasteiger partial charge in [-0.15, -0.1) is 11.3 Å². The number of hydrogen-bond acceptors (Lipinski definition) is 3. The van der Waals surface area contributed by atoms with E-state index in [1.54, 1.807) is 0 Å². The van der Waals surface area contributed by atoms with Crippen LogP contribution >= 0.6 is 11.3 Å². The number of nitrogens with two attached hydrogens (primary N) is 1. The molecule has 0 bridgehead atoms. The molecular weight excluding hydrogens is 194 g/mol. The largest absolute Gasteiger partial charge is 0.319 e. The van der Waals surface area contributed by atoms with Gasteiger partial charge in [-0.3, -0.25) is 0 Å². The molecule has 0 aliphatic carbocycles. The zero-order chi connectivity index (χ0) is 10.0. The first-order chi connectivity index (χ1) is 6.02. The normalized spacial score (nSPS) is 14.1. The van der Waals surface area contributed by atoms with Gasteiger partial charge in [0.1, 0.15) is 6.04 Å². The molecule has 13 heavy (non-hydrogen) atoms. The third-order valence-corrected chi connectivity index (χ3v) is 3.03. The molecule has 1 heterocycles. The minimum Gasteiger partial charge on any atom is -0.319 e. The number of thiazole rings is 1. The van der Waals surface area contributed by atoms with Gasteiger partial charge in [0, 0.05) is 17.0 Å². The van der Waals surface area contributed by atoms with Crippen molar-refractivity contribution in [1.29, 1.82) is 0 Å². The van der Waals surface area contributed by atoms with Crippen LogP contribution in [-0.2, 0) is 0 Å². The van der Waals surface area contributed by atoms with Gasteiger partial charge in [0.05, 0.1) is 5.01 Å². The summed E-state index contributed by atoms with van der Waals surface area (Å²) < 4.78 is 24.4. The smallest absolute Gasteiger partial charge is 0.258 e. The fourth-order valence-corrected chi connectivity index (χ4v) is 1.77. The van der Waals surface area contributed by atoms with Crippen LogP contribution < -0.4 is 5.73 Å². The summed E-state index contributed by atoms with van der Waals surface area (Å²) in [7, 11) is 0. The van der Waals surface area contributed by atoms with Crippen LogP contribution in [0.4, 0.5) is 8.78 Å². The zero-order valence-electron chi connectivity index (χ0n) is 7.50. The number of aromatic nitrogens is 1. The van der Waals surface area contributed by atoms with Crippen LogP contribution in [0.15, 0.2) is 6.20 Å². The highest BCUT2D eigenvalue weighted by Gasteiger charge is 2.20. The van der Waals surface area contributed by atoms with Gasteiger partial charge in [0.15, 0.2) is 0 Å². The number of halogens is 2. The second kappa shape index (κ2) is 4.11. The highest BCUT2D eigenvalue weighted by molar-refractivity contribution is 7.11. The summed E-state index contributed by atoms with van der Waals surface area (Å²) in [5.41, 5.74) is 5.27. The van der Waals surface area contributed by atoms with Crippen molar-refractivity contribution in [2.75, 3.05) is 0 Å². The summed E-state index contributed by atoms with van der Waals surface area (Å²) in [6.07, 6.45) is -1.07. The van der Waals surface area contributed by atoms with Gasteiger partial charge >= 0.3 is 0 Å². The van der Waals surface area contributed by atoms with E-state index in [9.17, 15) is 8.78 Å². The number of rotatable bonds is 3. The van der Waals surface area contributed by atoms with Gasteiger partial charge < -0.3 is 5.73 Å². The summed E-state index contributed by atoms with van der Waals surface area (Å²) >= 11 is 1.26. The Labute approximate surface area is 79.8 Å². The Balaban J connectivity index is 2.79. The SMILES string of the molecule is CC(C)c1ncc(C(N)C(F)F)s1. The average molecular weight is 206 g/mol. The predicted molar refractivity (Wildman–Crippen MR) is 49.1 cm³/mol. The molecule has 0 saturated carbocycles. The highest BCUT2D eigenvalue weighted by atomic mass is 32.1. The van der Waals surface area contributed by atoms with Gasteiger partial charge in [-0.1, -0.05) is 13.8 Å². The van der Waals surface area contributed by atoms with Gasteiger partial charge in [-0.25, -0.2) is 13.8 Å². The Hall–Kier alpha value is -0.550. The molecule has 1 aromatic heterocycles. The van der Waals surface area contributed by atoms with Crippen molar-refractivity contribution >= 4 is 11.3 Å². The fourth-order valence-electron chi connectivity index (χ4n) is 0.846.